The molecule has 2 rings (SSSR count). The Morgan fingerprint density at radius 2 is 2.25 bits per heavy atom. The normalized spacial score (nSPS) is 16.1. The Kier molecular flexibility index (Phi) is 2.96. The summed E-state index contributed by atoms with van der Waals surface area (Å²) >= 11 is 0. The summed E-state index contributed by atoms with van der Waals surface area (Å²) in [4.78, 5) is 10.6. The second kappa shape index (κ2) is 4.25. The summed E-state index contributed by atoms with van der Waals surface area (Å²) in [6.07, 6.45) is 0.753. The van der Waals surface area contributed by atoms with Gasteiger partial charge in [0, 0.05) is 25.2 Å². The van der Waals surface area contributed by atoms with Gasteiger partial charge in [0.15, 0.2) is 0 Å². The van der Waals surface area contributed by atoms with Crippen LogP contribution in [-0.4, -0.2) is 33.9 Å². The van der Waals surface area contributed by atoms with Crippen LogP contribution in [-0.2, 0) is 11.2 Å². The van der Waals surface area contributed by atoms with E-state index in [4.69, 9.17) is 5.11 Å². The first-order valence-electron chi connectivity index (χ1n) is 5.56. The maximum Gasteiger partial charge on any atom is 0.303 e. The first-order chi connectivity index (χ1) is 7.59. The summed E-state index contributed by atoms with van der Waals surface area (Å²) in [6, 6.07) is 0.442. The highest BCUT2D eigenvalue weighted by molar-refractivity contribution is 5.67. The zero-order valence-electron chi connectivity index (χ0n) is 9.66. The molecule has 0 saturated carbocycles. The number of carboxylic acids is 1. The summed E-state index contributed by atoms with van der Waals surface area (Å²) in [5.41, 5.74) is 3.17. The molecule has 1 aromatic rings. The quantitative estimate of drug-likeness (QED) is 0.787. The molecule has 1 saturated heterocycles. The van der Waals surface area contributed by atoms with Gasteiger partial charge in [0.25, 0.3) is 0 Å². The molecule has 16 heavy (non-hydrogen) atoms. The molecule has 0 amide bonds. The van der Waals surface area contributed by atoms with Crippen LogP contribution in [0.15, 0.2) is 0 Å². The number of carbonyl (C=O) groups is 1. The zero-order valence-corrected chi connectivity index (χ0v) is 9.66. The Bertz CT molecular complexity index is 408. The average Bonchev–Trinajstić information content (AvgIpc) is 2.37. The molecule has 0 radical (unpaired) electrons. The minimum atomic E-state index is -0.753. The van der Waals surface area contributed by atoms with Crippen molar-refractivity contribution in [1.82, 2.24) is 15.1 Å². The van der Waals surface area contributed by atoms with Gasteiger partial charge in [0.1, 0.15) is 0 Å². The molecule has 5 heteroatoms. The van der Waals surface area contributed by atoms with Gasteiger partial charge >= 0.3 is 5.97 Å². The van der Waals surface area contributed by atoms with Gasteiger partial charge in [-0.3, -0.25) is 9.48 Å². The van der Waals surface area contributed by atoms with E-state index >= 15 is 0 Å². The highest BCUT2D eigenvalue weighted by Crippen LogP contribution is 2.20. The second-order valence-corrected chi connectivity index (χ2v) is 4.30. The van der Waals surface area contributed by atoms with E-state index in [1.165, 1.54) is 0 Å². The van der Waals surface area contributed by atoms with Crippen LogP contribution in [0, 0.1) is 13.8 Å². The number of nitrogens with zero attached hydrogens (tertiary/aromatic N) is 2. The molecule has 2 N–H and O–H groups in total. The predicted octanol–water partition coefficient (Wildman–Crippen LogP) is 0.661. The second-order valence-electron chi connectivity index (χ2n) is 4.30. The largest absolute Gasteiger partial charge is 0.481 e. The van der Waals surface area contributed by atoms with Crippen LogP contribution in [0.3, 0.4) is 0 Å². The maximum absolute atomic E-state index is 10.6. The molecule has 1 aromatic heterocycles. The van der Waals surface area contributed by atoms with Gasteiger partial charge in [-0.05, 0) is 25.8 Å². The Balaban J connectivity index is 2.17. The third-order valence-corrected chi connectivity index (χ3v) is 3.17. The summed E-state index contributed by atoms with van der Waals surface area (Å²) in [6.45, 7) is 5.89. The average molecular weight is 223 g/mol. The fourth-order valence-electron chi connectivity index (χ4n) is 2.09. The summed E-state index contributed by atoms with van der Waals surface area (Å²) < 4.78 is 2.03. The van der Waals surface area contributed by atoms with Crippen molar-refractivity contribution in [3.05, 3.63) is 17.0 Å². The molecule has 88 valence electrons. The van der Waals surface area contributed by atoms with Gasteiger partial charge in [0.05, 0.1) is 11.7 Å². The maximum atomic E-state index is 10.6. The van der Waals surface area contributed by atoms with Gasteiger partial charge in [-0.1, -0.05) is 0 Å². The molecule has 2 heterocycles. The lowest BCUT2D eigenvalue weighted by Crippen LogP contribution is -2.44. The van der Waals surface area contributed by atoms with Gasteiger partial charge in [-0.15, -0.1) is 0 Å². The van der Waals surface area contributed by atoms with E-state index < -0.39 is 5.97 Å². The first kappa shape index (κ1) is 11.1. The van der Waals surface area contributed by atoms with Crippen LogP contribution in [0.4, 0.5) is 0 Å². The number of aromatic nitrogens is 2. The lowest BCUT2D eigenvalue weighted by atomic mass is 10.1. The van der Waals surface area contributed by atoms with E-state index in [9.17, 15) is 4.79 Å². The van der Waals surface area contributed by atoms with Crippen molar-refractivity contribution in [2.24, 2.45) is 0 Å². The third-order valence-electron chi connectivity index (χ3n) is 3.17. The molecule has 0 unspecified atom stereocenters. The Morgan fingerprint density at radius 1 is 1.56 bits per heavy atom. The SMILES string of the molecule is Cc1nn(C2CNC2)c(C)c1CCC(=O)O. The Hall–Kier alpha value is -1.36. The number of nitrogens with one attached hydrogen (secondary N) is 1. The molecule has 0 aromatic carbocycles. The lowest BCUT2D eigenvalue weighted by molar-refractivity contribution is -0.136. The first-order valence-corrected chi connectivity index (χ1v) is 5.56. The number of aryl methyl sites for hydroxylation is 1. The van der Waals surface area contributed by atoms with Gasteiger partial charge in [-0.25, -0.2) is 0 Å². The topological polar surface area (TPSA) is 67.2 Å². The molecule has 0 spiro atoms. The van der Waals surface area contributed by atoms with Crippen molar-refractivity contribution < 1.29 is 9.90 Å². The highest BCUT2D eigenvalue weighted by Gasteiger charge is 2.23. The monoisotopic (exact) mass is 223 g/mol. The molecular weight excluding hydrogens is 206 g/mol. The van der Waals surface area contributed by atoms with Crippen LogP contribution in [0.2, 0.25) is 0 Å². The molecule has 1 aliphatic rings. The van der Waals surface area contributed by atoms with Crippen molar-refractivity contribution in [1.29, 1.82) is 0 Å². The van der Waals surface area contributed by atoms with Gasteiger partial charge in [0.2, 0.25) is 0 Å². The number of hydrogen-bond acceptors (Lipinski definition) is 3. The van der Waals surface area contributed by atoms with Crippen molar-refractivity contribution in [3.63, 3.8) is 0 Å². The summed E-state index contributed by atoms with van der Waals surface area (Å²) in [7, 11) is 0. The fourth-order valence-corrected chi connectivity index (χ4v) is 2.09. The molecule has 5 nitrogen and oxygen atoms in total. The van der Waals surface area contributed by atoms with E-state index in [2.05, 4.69) is 10.4 Å². The van der Waals surface area contributed by atoms with Crippen molar-refractivity contribution >= 4 is 5.97 Å². The smallest absolute Gasteiger partial charge is 0.303 e. The van der Waals surface area contributed by atoms with Crippen LogP contribution in [0.25, 0.3) is 0 Å². The van der Waals surface area contributed by atoms with Crippen molar-refractivity contribution in [2.75, 3.05) is 13.1 Å². The van der Waals surface area contributed by atoms with Crippen molar-refractivity contribution in [2.45, 2.75) is 32.7 Å². The Morgan fingerprint density at radius 3 is 2.75 bits per heavy atom. The van der Waals surface area contributed by atoms with E-state index in [0.717, 1.165) is 30.0 Å². The Labute approximate surface area is 94.5 Å². The minimum Gasteiger partial charge on any atom is -0.481 e. The van der Waals surface area contributed by atoms with Crippen LogP contribution in [0.1, 0.15) is 29.4 Å². The van der Waals surface area contributed by atoms with E-state index in [1.54, 1.807) is 0 Å². The third kappa shape index (κ3) is 1.95. The number of carboxylic acid groups (broad SMARTS) is 1. The van der Waals surface area contributed by atoms with Crippen molar-refractivity contribution in [3.8, 4) is 0 Å². The molecular formula is C11H17N3O2. The molecule has 0 atom stereocenters. The van der Waals surface area contributed by atoms with Crippen LogP contribution in [0.5, 0.6) is 0 Å². The molecule has 0 aliphatic carbocycles. The van der Waals surface area contributed by atoms with E-state index in [1.807, 2.05) is 18.5 Å². The zero-order chi connectivity index (χ0) is 11.7. The lowest BCUT2D eigenvalue weighted by Gasteiger charge is -2.28. The number of rotatable bonds is 4. The summed E-state index contributed by atoms with van der Waals surface area (Å²) in [5.74, 6) is -0.753. The fraction of sp³-hybridized carbons (Fsp3) is 0.636. The van der Waals surface area contributed by atoms with E-state index in [0.29, 0.717) is 12.5 Å². The standard InChI is InChI=1S/C11H17N3O2/c1-7-10(3-4-11(15)16)8(2)14(13-7)9-5-12-6-9/h9,12H,3-6H2,1-2H3,(H,15,16). The minimum absolute atomic E-state index is 0.177. The number of aliphatic carboxylic acids is 1. The van der Waals surface area contributed by atoms with E-state index in [-0.39, 0.29) is 6.42 Å². The molecule has 1 aliphatic heterocycles. The summed E-state index contributed by atoms with van der Waals surface area (Å²) in [5, 5.41) is 16.4. The van der Waals surface area contributed by atoms with Gasteiger partial charge < -0.3 is 10.4 Å². The van der Waals surface area contributed by atoms with Crippen LogP contribution < -0.4 is 5.32 Å². The predicted molar refractivity (Wildman–Crippen MR) is 59.6 cm³/mol. The van der Waals surface area contributed by atoms with Crippen LogP contribution >= 0.6 is 0 Å². The highest BCUT2D eigenvalue weighted by atomic mass is 16.4. The van der Waals surface area contributed by atoms with Gasteiger partial charge in [-0.2, -0.15) is 5.10 Å². The molecule has 1 fully saturated rings. The number of hydrogen-bond donors (Lipinski definition) is 2. The molecule has 0 bridgehead atoms.